The summed E-state index contributed by atoms with van der Waals surface area (Å²) in [5.41, 5.74) is 0.161. The van der Waals surface area contributed by atoms with Crippen molar-refractivity contribution < 1.29 is 4.79 Å². The molecule has 16 heavy (non-hydrogen) atoms. The zero-order valence-corrected chi connectivity index (χ0v) is 10.9. The minimum atomic E-state index is 0. The van der Waals surface area contributed by atoms with Crippen LogP contribution in [0.5, 0.6) is 0 Å². The first kappa shape index (κ1) is 13.8. The molecule has 0 radical (unpaired) electrons. The number of carbonyl (C=O) groups is 1. The summed E-state index contributed by atoms with van der Waals surface area (Å²) < 4.78 is 0. The fraction of sp³-hybridized carbons (Fsp3) is 0.917. The molecule has 1 amide bonds. The predicted octanol–water partition coefficient (Wildman–Crippen LogP) is 1.86. The molecule has 1 aliphatic carbocycles. The van der Waals surface area contributed by atoms with E-state index in [1.807, 2.05) is 0 Å². The zero-order valence-electron chi connectivity index (χ0n) is 10.1. The van der Waals surface area contributed by atoms with Gasteiger partial charge in [-0.3, -0.25) is 4.79 Å². The quantitative estimate of drug-likeness (QED) is 0.798. The van der Waals surface area contributed by atoms with Crippen LogP contribution in [0.15, 0.2) is 0 Å². The Balaban J connectivity index is 0.00000128. The van der Waals surface area contributed by atoms with Crippen LogP contribution in [0.3, 0.4) is 0 Å². The van der Waals surface area contributed by atoms with Crippen LogP contribution in [0.4, 0.5) is 0 Å². The van der Waals surface area contributed by atoms with Gasteiger partial charge in [0.2, 0.25) is 5.91 Å². The Kier molecular flexibility index (Phi) is 5.06. The molecule has 2 N–H and O–H groups in total. The highest BCUT2D eigenvalue weighted by atomic mass is 35.5. The molecule has 0 aromatic rings. The van der Waals surface area contributed by atoms with E-state index in [9.17, 15) is 4.79 Å². The number of amides is 1. The summed E-state index contributed by atoms with van der Waals surface area (Å²) >= 11 is 0. The molecule has 1 heterocycles. The van der Waals surface area contributed by atoms with E-state index in [0.717, 1.165) is 32.4 Å². The van der Waals surface area contributed by atoms with Crippen molar-refractivity contribution in [3.63, 3.8) is 0 Å². The van der Waals surface area contributed by atoms with Crippen molar-refractivity contribution in [2.24, 2.45) is 5.92 Å². The molecule has 94 valence electrons. The molecule has 1 unspecified atom stereocenters. The molecule has 1 saturated heterocycles. The Hall–Kier alpha value is -0.280. The van der Waals surface area contributed by atoms with Crippen molar-refractivity contribution in [1.82, 2.24) is 10.6 Å². The van der Waals surface area contributed by atoms with Gasteiger partial charge < -0.3 is 10.6 Å². The molecule has 1 aliphatic heterocycles. The number of piperidine rings is 1. The van der Waals surface area contributed by atoms with Crippen LogP contribution < -0.4 is 10.6 Å². The van der Waals surface area contributed by atoms with Crippen LogP contribution >= 0.6 is 12.4 Å². The summed E-state index contributed by atoms with van der Waals surface area (Å²) in [5, 5.41) is 6.57. The summed E-state index contributed by atoms with van der Waals surface area (Å²) in [6.45, 7) is 4.12. The van der Waals surface area contributed by atoms with E-state index < -0.39 is 0 Å². The van der Waals surface area contributed by atoms with Gasteiger partial charge in [0, 0.05) is 12.1 Å². The molecule has 0 aromatic carbocycles. The second-order valence-electron chi connectivity index (χ2n) is 5.02. The van der Waals surface area contributed by atoms with Crippen LogP contribution in [0.1, 0.15) is 45.4 Å². The Morgan fingerprint density at radius 2 is 2.19 bits per heavy atom. The van der Waals surface area contributed by atoms with Crippen molar-refractivity contribution in [2.45, 2.75) is 51.0 Å². The van der Waals surface area contributed by atoms with Gasteiger partial charge >= 0.3 is 0 Å². The topological polar surface area (TPSA) is 41.1 Å². The summed E-state index contributed by atoms with van der Waals surface area (Å²) in [4.78, 5) is 12.0. The molecule has 4 heteroatoms. The maximum atomic E-state index is 12.0. The van der Waals surface area contributed by atoms with Gasteiger partial charge in [0.05, 0.1) is 5.92 Å². The van der Waals surface area contributed by atoms with Crippen molar-refractivity contribution in [3.8, 4) is 0 Å². The second kappa shape index (κ2) is 5.87. The van der Waals surface area contributed by atoms with Gasteiger partial charge in [-0.15, -0.1) is 12.4 Å². The number of hydrogen-bond donors (Lipinski definition) is 2. The van der Waals surface area contributed by atoms with E-state index >= 15 is 0 Å². The number of nitrogens with one attached hydrogen (secondary N) is 2. The monoisotopic (exact) mass is 246 g/mol. The average Bonchev–Trinajstić information content (AvgIpc) is 2.24. The highest BCUT2D eigenvalue weighted by molar-refractivity contribution is 5.85. The normalized spacial score (nSPS) is 27.4. The van der Waals surface area contributed by atoms with Gasteiger partial charge in [-0.2, -0.15) is 0 Å². The first-order valence-electron chi connectivity index (χ1n) is 6.28. The van der Waals surface area contributed by atoms with E-state index in [1.165, 1.54) is 19.3 Å². The SMILES string of the molecule is CCC1(NC(=O)C2CCCNC2)CCC1.Cl. The van der Waals surface area contributed by atoms with E-state index in [2.05, 4.69) is 17.6 Å². The van der Waals surface area contributed by atoms with Crippen molar-refractivity contribution in [3.05, 3.63) is 0 Å². The van der Waals surface area contributed by atoms with E-state index in [4.69, 9.17) is 0 Å². The molecule has 1 atom stereocenters. The Morgan fingerprint density at radius 1 is 1.44 bits per heavy atom. The molecule has 2 fully saturated rings. The van der Waals surface area contributed by atoms with Crippen LogP contribution in [0.2, 0.25) is 0 Å². The van der Waals surface area contributed by atoms with Crippen LogP contribution in [0, 0.1) is 5.92 Å². The molecular weight excluding hydrogens is 224 g/mol. The summed E-state index contributed by atoms with van der Waals surface area (Å²) in [5.74, 6) is 0.492. The zero-order chi connectivity index (χ0) is 10.7. The van der Waals surface area contributed by atoms with Gasteiger partial charge in [-0.05, 0) is 45.1 Å². The summed E-state index contributed by atoms with van der Waals surface area (Å²) in [7, 11) is 0. The summed E-state index contributed by atoms with van der Waals surface area (Å²) in [6, 6.07) is 0. The minimum absolute atomic E-state index is 0. The highest BCUT2D eigenvalue weighted by Crippen LogP contribution is 2.35. The third kappa shape index (κ3) is 2.89. The van der Waals surface area contributed by atoms with Crippen LogP contribution in [0.25, 0.3) is 0 Å². The number of hydrogen-bond acceptors (Lipinski definition) is 2. The first-order chi connectivity index (χ1) is 7.26. The van der Waals surface area contributed by atoms with Crippen LogP contribution in [-0.4, -0.2) is 24.5 Å². The van der Waals surface area contributed by atoms with Crippen molar-refractivity contribution in [1.29, 1.82) is 0 Å². The fourth-order valence-corrected chi connectivity index (χ4v) is 2.61. The van der Waals surface area contributed by atoms with Gasteiger partial charge in [0.25, 0.3) is 0 Å². The number of carbonyl (C=O) groups excluding carboxylic acids is 1. The van der Waals surface area contributed by atoms with Crippen molar-refractivity contribution >= 4 is 18.3 Å². The Morgan fingerprint density at radius 3 is 2.62 bits per heavy atom. The molecule has 3 nitrogen and oxygen atoms in total. The maximum Gasteiger partial charge on any atom is 0.224 e. The maximum absolute atomic E-state index is 12.0. The Bertz CT molecular complexity index is 230. The lowest BCUT2D eigenvalue weighted by Gasteiger charge is -2.43. The average molecular weight is 247 g/mol. The third-order valence-electron chi connectivity index (χ3n) is 4.04. The second-order valence-corrected chi connectivity index (χ2v) is 5.02. The first-order valence-corrected chi connectivity index (χ1v) is 6.28. The van der Waals surface area contributed by atoms with E-state index in [-0.39, 0.29) is 29.8 Å². The van der Waals surface area contributed by atoms with Gasteiger partial charge in [-0.25, -0.2) is 0 Å². The lowest BCUT2D eigenvalue weighted by molar-refractivity contribution is -0.128. The molecular formula is C12H23ClN2O. The van der Waals surface area contributed by atoms with Crippen LogP contribution in [-0.2, 0) is 4.79 Å². The number of rotatable bonds is 3. The van der Waals surface area contributed by atoms with Gasteiger partial charge in [-0.1, -0.05) is 6.92 Å². The Labute approximate surface area is 104 Å². The number of halogens is 1. The highest BCUT2D eigenvalue weighted by Gasteiger charge is 2.37. The fourth-order valence-electron chi connectivity index (χ4n) is 2.61. The molecule has 2 rings (SSSR count). The van der Waals surface area contributed by atoms with E-state index in [0.29, 0.717) is 0 Å². The van der Waals surface area contributed by atoms with Crippen molar-refractivity contribution in [2.75, 3.05) is 13.1 Å². The standard InChI is InChI=1S/C12H22N2O.ClH/c1-2-12(6-4-7-12)14-11(15)10-5-3-8-13-9-10;/h10,13H,2-9H2,1H3,(H,14,15);1H. The lowest BCUT2D eigenvalue weighted by atomic mass is 9.74. The van der Waals surface area contributed by atoms with Gasteiger partial charge in [0.1, 0.15) is 0 Å². The largest absolute Gasteiger partial charge is 0.350 e. The molecule has 0 aromatic heterocycles. The van der Waals surface area contributed by atoms with Gasteiger partial charge in [0.15, 0.2) is 0 Å². The predicted molar refractivity (Wildman–Crippen MR) is 67.9 cm³/mol. The molecule has 0 bridgehead atoms. The third-order valence-corrected chi connectivity index (χ3v) is 4.04. The smallest absolute Gasteiger partial charge is 0.224 e. The van der Waals surface area contributed by atoms with E-state index in [1.54, 1.807) is 0 Å². The molecule has 1 saturated carbocycles. The summed E-state index contributed by atoms with van der Waals surface area (Å²) in [6.07, 6.45) is 6.90. The molecule has 2 aliphatic rings. The molecule has 0 spiro atoms. The minimum Gasteiger partial charge on any atom is -0.350 e. The lowest BCUT2D eigenvalue weighted by Crippen LogP contribution is -2.55.